The lowest BCUT2D eigenvalue weighted by Gasteiger charge is -2.25. The molecule has 0 aliphatic carbocycles. The summed E-state index contributed by atoms with van der Waals surface area (Å²) in [6, 6.07) is 0.693. The van der Waals surface area contributed by atoms with Gasteiger partial charge in [-0.1, -0.05) is 6.08 Å². The highest BCUT2D eigenvalue weighted by atomic mass is 15.0. The van der Waals surface area contributed by atoms with Gasteiger partial charge in [-0.2, -0.15) is 0 Å². The molecule has 50 valence electrons. The summed E-state index contributed by atoms with van der Waals surface area (Å²) in [5, 5.41) is 6.67. The van der Waals surface area contributed by atoms with Gasteiger partial charge < -0.3 is 10.6 Å². The van der Waals surface area contributed by atoms with Crippen LogP contribution >= 0.6 is 0 Å². The molecule has 0 radical (unpaired) electrons. The van der Waals surface area contributed by atoms with E-state index in [0.717, 1.165) is 12.5 Å². The second kappa shape index (κ2) is 2.03. The van der Waals surface area contributed by atoms with Crippen LogP contribution < -0.4 is 10.6 Å². The normalized spacial score (nSPS) is 40.0. The molecule has 2 nitrogen and oxygen atoms in total. The number of rotatable bonds is 0. The molecule has 0 amide bonds. The van der Waals surface area contributed by atoms with Gasteiger partial charge in [0.2, 0.25) is 0 Å². The molecule has 2 N–H and O–H groups in total. The SMILES string of the molecule is C1=CC2CCNCC2N1. The van der Waals surface area contributed by atoms with E-state index in [9.17, 15) is 0 Å². The summed E-state index contributed by atoms with van der Waals surface area (Å²) in [6.07, 6.45) is 5.67. The van der Waals surface area contributed by atoms with Crippen LogP contribution in [-0.4, -0.2) is 19.1 Å². The van der Waals surface area contributed by atoms with Gasteiger partial charge in [-0.3, -0.25) is 0 Å². The molecule has 2 heterocycles. The first kappa shape index (κ1) is 5.30. The Kier molecular flexibility index (Phi) is 1.19. The zero-order valence-corrected chi connectivity index (χ0v) is 5.43. The highest BCUT2D eigenvalue weighted by molar-refractivity contribution is 5.04. The minimum Gasteiger partial charge on any atom is -0.387 e. The largest absolute Gasteiger partial charge is 0.387 e. The van der Waals surface area contributed by atoms with E-state index in [2.05, 4.69) is 22.9 Å². The number of hydrogen-bond acceptors (Lipinski definition) is 2. The molecule has 2 aliphatic rings. The Morgan fingerprint density at radius 2 is 2.44 bits per heavy atom. The summed E-state index contributed by atoms with van der Waals surface area (Å²) >= 11 is 0. The van der Waals surface area contributed by atoms with Gasteiger partial charge in [0, 0.05) is 18.5 Å². The summed E-state index contributed by atoms with van der Waals surface area (Å²) in [5.41, 5.74) is 0. The fraction of sp³-hybridized carbons (Fsp3) is 0.714. The Balaban J connectivity index is 2.03. The molecule has 9 heavy (non-hydrogen) atoms. The lowest BCUT2D eigenvalue weighted by atomic mass is 9.96. The van der Waals surface area contributed by atoms with E-state index < -0.39 is 0 Å². The summed E-state index contributed by atoms with van der Waals surface area (Å²) < 4.78 is 0. The number of fused-ring (bicyclic) bond motifs is 1. The molecule has 2 aliphatic heterocycles. The predicted octanol–water partition coefficient (Wildman–Crippen LogP) is 0.0814. The molecular weight excluding hydrogens is 112 g/mol. The lowest BCUT2D eigenvalue weighted by Crippen LogP contribution is -2.43. The molecule has 0 aromatic rings. The molecule has 2 heteroatoms. The van der Waals surface area contributed by atoms with Crippen molar-refractivity contribution >= 4 is 0 Å². The zero-order chi connectivity index (χ0) is 6.10. The summed E-state index contributed by atoms with van der Waals surface area (Å²) in [6.45, 7) is 2.32. The minimum absolute atomic E-state index is 0.693. The zero-order valence-electron chi connectivity index (χ0n) is 5.43. The monoisotopic (exact) mass is 124 g/mol. The fourth-order valence-electron chi connectivity index (χ4n) is 1.59. The number of nitrogens with one attached hydrogen (secondary N) is 2. The Bertz CT molecular complexity index is 131. The maximum Gasteiger partial charge on any atom is 0.0444 e. The van der Waals surface area contributed by atoms with Crippen LogP contribution in [0, 0.1) is 5.92 Å². The van der Waals surface area contributed by atoms with Gasteiger partial charge in [0.1, 0.15) is 0 Å². The highest BCUT2D eigenvalue weighted by Gasteiger charge is 2.24. The van der Waals surface area contributed by atoms with E-state index in [1.807, 2.05) is 0 Å². The van der Waals surface area contributed by atoms with E-state index in [1.54, 1.807) is 0 Å². The van der Waals surface area contributed by atoms with Crippen molar-refractivity contribution in [2.45, 2.75) is 12.5 Å². The Hall–Kier alpha value is -0.500. The van der Waals surface area contributed by atoms with Crippen molar-refractivity contribution in [1.29, 1.82) is 0 Å². The molecule has 2 rings (SSSR count). The van der Waals surface area contributed by atoms with Crippen molar-refractivity contribution in [1.82, 2.24) is 10.6 Å². The molecule has 1 saturated heterocycles. The molecule has 0 bridgehead atoms. The number of piperidine rings is 1. The molecule has 1 fully saturated rings. The first-order chi connectivity index (χ1) is 4.47. The molecule has 2 atom stereocenters. The Morgan fingerprint density at radius 1 is 1.44 bits per heavy atom. The third kappa shape index (κ3) is 0.833. The van der Waals surface area contributed by atoms with E-state index in [1.165, 1.54) is 13.0 Å². The van der Waals surface area contributed by atoms with Gasteiger partial charge in [-0.25, -0.2) is 0 Å². The molecule has 0 aromatic heterocycles. The van der Waals surface area contributed by atoms with Gasteiger partial charge in [-0.15, -0.1) is 0 Å². The van der Waals surface area contributed by atoms with Crippen molar-refractivity contribution in [3.05, 3.63) is 12.3 Å². The topological polar surface area (TPSA) is 24.1 Å². The Labute approximate surface area is 55.3 Å². The molecular formula is C7H12N2. The van der Waals surface area contributed by atoms with E-state index in [-0.39, 0.29) is 0 Å². The summed E-state index contributed by atoms with van der Waals surface area (Å²) in [5.74, 6) is 0.811. The number of hydrogen-bond donors (Lipinski definition) is 2. The second-order valence-corrected chi connectivity index (χ2v) is 2.79. The van der Waals surface area contributed by atoms with Crippen LogP contribution in [-0.2, 0) is 0 Å². The van der Waals surface area contributed by atoms with Gasteiger partial charge in [0.25, 0.3) is 0 Å². The second-order valence-electron chi connectivity index (χ2n) is 2.79. The lowest BCUT2D eigenvalue weighted by molar-refractivity contribution is 0.369. The molecule has 0 spiro atoms. The standard InChI is InChI=1S/C7H12N2/c1-3-8-5-7-6(1)2-4-9-7/h2,4,6-9H,1,3,5H2. The van der Waals surface area contributed by atoms with Gasteiger partial charge in [-0.05, 0) is 19.2 Å². The highest BCUT2D eigenvalue weighted by Crippen LogP contribution is 2.17. The average Bonchev–Trinajstić information content (AvgIpc) is 2.33. The predicted molar refractivity (Wildman–Crippen MR) is 37.0 cm³/mol. The van der Waals surface area contributed by atoms with Crippen molar-refractivity contribution in [2.75, 3.05) is 13.1 Å². The fourth-order valence-corrected chi connectivity index (χ4v) is 1.59. The van der Waals surface area contributed by atoms with Crippen LogP contribution in [0.3, 0.4) is 0 Å². The van der Waals surface area contributed by atoms with Crippen molar-refractivity contribution in [3.63, 3.8) is 0 Å². The smallest absolute Gasteiger partial charge is 0.0444 e. The quantitative estimate of drug-likeness (QED) is 0.478. The van der Waals surface area contributed by atoms with Crippen molar-refractivity contribution < 1.29 is 0 Å². The van der Waals surface area contributed by atoms with Crippen LogP contribution in [0.1, 0.15) is 6.42 Å². The third-order valence-electron chi connectivity index (χ3n) is 2.19. The van der Waals surface area contributed by atoms with Crippen molar-refractivity contribution in [3.8, 4) is 0 Å². The van der Waals surface area contributed by atoms with Crippen molar-refractivity contribution in [2.24, 2.45) is 5.92 Å². The Morgan fingerprint density at radius 3 is 3.33 bits per heavy atom. The minimum atomic E-state index is 0.693. The molecule has 0 aromatic carbocycles. The third-order valence-corrected chi connectivity index (χ3v) is 2.19. The van der Waals surface area contributed by atoms with E-state index >= 15 is 0 Å². The van der Waals surface area contributed by atoms with Gasteiger partial charge in [0.05, 0.1) is 0 Å². The first-order valence-corrected chi connectivity index (χ1v) is 3.60. The summed E-state index contributed by atoms with van der Waals surface area (Å²) in [4.78, 5) is 0. The molecule has 0 saturated carbocycles. The van der Waals surface area contributed by atoms with Gasteiger partial charge in [0.15, 0.2) is 0 Å². The summed E-state index contributed by atoms with van der Waals surface area (Å²) in [7, 11) is 0. The van der Waals surface area contributed by atoms with Crippen LogP contribution in [0.25, 0.3) is 0 Å². The maximum atomic E-state index is 3.35. The van der Waals surface area contributed by atoms with Gasteiger partial charge >= 0.3 is 0 Å². The maximum absolute atomic E-state index is 3.35. The van der Waals surface area contributed by atoms with Crippen LogP contribution in [0.5, 0.6) is 0 Å². The van der Waals surface area contributed by atoms with E-state index in [0.29, 0.717) is 6.04 Å². The van der Waals surface area contributed by atoms with Crippen LogP contribution in [0.4, 0.5) is 0 Å². The van der Waals surface area contributed by atoms with Crippen LogP contribution in [0.2, 0.25) is 0 Å². The molecule has 2 unspecified atom stereocenters. The first-order valence-electron chi connectivity index (χ1n) is 3.60. The van der Waals surface area contributed by atoms with E-state index in [4.69, 9.17) is 0 Å². The van der Waals surface area contributed by atoms with Crippen LogP contribution in [0.15, 0.2) is 12.3 Å². The average molecular weight is 124 g/mol.